The number of aryl methyl sites for hydroxylation is 2. The van der Waals surface area contributed by atoms with Gasteiger partial charge in [-0.15, -0.1) is 0 Å². The molecular weight excluding hydrogens is 262 g/mol. The van der Waals surface area contributed by atoms with Crippen molar-refractivity contribution in [1.29, 1.82) is 0 Å². The molecule has 0 saturated carbocycles. The summed E-state index contributed by atoms with van der Waals surface area (Å²) < 4.78 is 1.80. The number of ketones is 1. The predicted octanol–water partition coefficient (Wildman–Crippen LogP) is 2.94. The maximum atomic E-state index is 12.2. The summed E-state index contributed by atoms with van der Waals surface area (Å²) in [6.45, 7) is 4.69. The van der Waals surface area contributed by atoms with E-state index in [0.717, 1.165) is 17.8 Å². The largest absolute Gasteiger partial charge is 0.294 e. The molecule has 0 aliphatic carbocycles. The number of halogens is 1. The van der Waals surface area contributed by atoms with Crippen LogP contribution in [0.4, 0.5) is 0 Å². The lowest BCUT2D eigenvalue weighted by Gasteiger charge is -2.04. The van der Waals surface area contributed by atoms with Crippen molar-refractivity contribution >= 4 is 17.4 Å². The Morgan fingerprint density at radius 3 is 2.79 bits per heavy atom. The molecule has 2 aromatic heterocycles. The molecule has 2 heterocycles. The van der Waals surface area contributed by atoms with E-state index in [2.05, 4.69) is 10.1 Å². The molecule has 100 valence electrons. The van der Waals surface area contributed by atoms with Gasteiger partial charge in [0.25, 0.3) is 0 Å². The number of nitrogens with zero attached hydrogens (tertiary/aromatic N) is 3. The summed E-state index contributed by atoms with van der Waals surface area (Å²) in [7, 11) is 0. The molecule has 0 saturated heterocycles. The number of rotatable bonds is 5. The highest BCUT2D eigenvalue weighted by molar-refractivity contribution is 6.32. The van der Waals surface area contributed by atoms with Crippen molar-refractivity contribution in [2.45, 2.75) is 33.2 Å². The molecule has 0 radical (unpaired) electrons. The van der Waals surface area contributed by atoms with Gasteiger partial charge in [0.2, 0.25) is 0 Å². The third-order valence-corrected chi connectivity index (χ3v) is 3.44. The maximum Gasteiger partial charge on any atom is 0.170 e. The Morgan fingerprint density at radius 2 is 2.21 bits per heavy atom. The zero-order valence-electron chi connectivity index (χ0n) is 11.1. The van der Waals surface area contributed by atoms with Crippen LogP contribution in [0, 0.1) is 0 Å². The van der Waals surface area contributed by atoms with Crippen LogP contribution in [0.1, 0.15) is 35.6 Å². The van der Waals surface area contributed by atoms with Gasteiger partial charge in [-0.25, -0.2) is 0 Å². The van der Waals surface area contributed by atoms with Crippen LogP contribution < -0.4 is 0 Å². The fraction of sp³-hybridized carbons (Fsp3) is 0.357. The van der Waals surface area contributed by atoms with Crippen LogP contribution in [0.3, 0.4) is 0 Å². The van der Waals surface area contributed by atoms with Crippen molar-refractivity contribution in [2.75, 3.05) is 0 Å². The standard InChI is InChI=1S/C14H16ClN3O/c1-3-11-14(15)12(18(4-2)17-11)8-13(19)10-6-5-7-16-9-10/h5-7,9H,3-4,8H2,1-2H3. The summed E-state index contributed by atoms with van der Waals surface area (Å²) in [6.07, 6.45) is 4.24. The fourth-order valence-corrected chi connectivity index (χ4v) is 2.30. The van der Waals surface area contributed by atoms with Gasteiger partial charge in [0.1, 0.15) is 0 Å². The van der Waals surface area contributed by atoms with Gasteiger partial charge < -0.3 is 0 Å². The van der Waals surface area contributed by atoms with Gasteiger partial charge in [-0.1, -0.05) is 18.5 Å². The van der Waals surface area contributed by atoms with Crippen LogP contribution in [0.2, 0.25) is 5.02 Å². The molecule has 0 amide bonds. The molecule has 0 spiro atoms. The third-order valence-electron chi connectivity index (χ3n) is 3.01. The highest BCUT2D eigenvalue weighted by atomic mass is 35.5. The van der Waals surface area contributed by atoms with Crippen molar-refractivity contribution in [3.63, 3.8) is 0 Å². The van der Waals surface area contributed by atoms with Crippen LogP contribution in [-0.2, 0) is 19.4 Å². The predicted molar refractivity (Wildman–Crippen MR) is 74.6 cm³/mol. The molecular formula is C14H16ClN3O. The van der Waals surface area contributed by atoms with E-state index in [4.69, 9.17) is 11.6 Å². The molecule has 0 aromatic carbocycles. The van der Waals surface area contributed by atoms with E-state index in [1.54, 1.807) is 29.2 Å². The van der Waals surface area contributed by atoms with Gasteiger partial charge >= 0.3 is 0 Å². The van der Waals surface area contributed by atoms with Gasteiger partial charge in [-0.3, -0.25) is 14.5 Å². The number of aromatic nitrogens is 3. The molecule has 5 heteroatoms. The first kappa shape index (κ1) is 13.7. The zero-order chi connectivity index (χ0) is 13.8. The Balaban J connectivity index is 2.28. The van der Waals surface area contributed by atoms with E-state index in [1.807, 2.05) is 13.8 Å². The van der Waals surface area contributed by atoms with Crippen LogP contribution in [0.25, 0.3) is 0 Å². The maximum absolute atomic E-state index is 12.2. The lowest BCUT2D eigenvalue weighted by molar-refractivity contribution is 0.0990. The Morgan fingerprint density at radius 1 is 1.42 bits per heavy atom. The Bertz CT molecular complexity index is 578. The minimum absolute atomic E-state index is 0.00672. The molecule has 0 aliphatic heterocycles. The normalized spacial score (nSPS) is 10.7. The lowest BCUT2D eigenvalue weighted by Crippen LogP contribution is -2.10. The molecule has 19 heavy (non-hydrogen) atoms. The first-order chi connectivity index (χ1) is 9.17. The molecule has 4 nitrogen and oxygen atoms in total. The first-order valence-electron chi connectivity index (χ1n) is 6.34. The smallest absolute Gasteiger partial charge is 0.170 e. The van der Waals surface area contributed by atoms with Gasteiger partial charge in [0.15, 0.2) is 5.78 Å². The first-order valence-corrected chi connectivity index (χ1v) is 6.72. The summed E-state index contributed by atoms with van der Waals surface area (Å²) >= 11 is 6.29. The average Bonchev–Trinajstić information content (AvgIpc) is 2.76. The van der Waals surface area contributed by atoms with Crippen LogP contribution in [0.5, 0.6) is 0 Å². The van der Waals surface area contributed by atoms with Gasteiger partial charge in [-0.05, 0) is 25.5 Å². The second-order valence-electron chi connectivity index (χ2n) is 4.22. The second kappa shape index (κ2) is 5.97. The SMILES string of the molecule is CCc1nn(CC)c(CC(=O)c2cccnc2)c1Cl. The van der Waals surface area contributed by atoms with Gasteiger partial charge in [0.05, 0.1) is 22.8 Å². The van der Waals surface area contributed by atoms with E-state index in [1.165, 1.54) is 0 Å². The fourth-order valence-electron chi connectivity index (χ4n) is 1.97. The molecule has 0 fully saturated rings. The van der Waals surface area contributed by atoms with E-state index in [0.29, 0.717) is 17.1 Å². The molecule has 2 aromatic rings. The van der Waals surface area contributed by atoms with Crippen LogP contribution in [-0.4, -0.2) is 20.5 Å². The Labute approximate surface area is 117 Å². The zero-order valence-corrected chi connectivity index (χ0v) is 11.8. The third kappa shape index (κ3) is 2.84. The van der Waals surface area contributed by atoms with E-state index in [-0.39, 0.29) is 12.2 Å². The quantitative estimate of drug-likeness (QED) is 0.790. The monoisotopic (exact) mass is 277 g/mol. The van der Waals surface area contributed by atoms with Crippen molar-refractivity contribution in [3.8, 4) is 0 Å². The van der Waals surface area contributed by atoms with E-state index in [9.17, 15) is 4.79 Å². The van der Waals surface area contributed by atoms with E-state index < -0.39 is 0 Å². The Hall–Kier alpha value is -1.68. The summed E-state index contributed by atoms with van der Waals surface area (Å²) in [4.78, 5) is 16.1. The number of Topliss-reactive ketones (excluding diaryl/α,β-unsaturated/α-hetero) is 1. The summed E-state index contributed by atoms with van der Waals surface area (Å²) in [5, 5.41) is 5.02. The minimum atomic E-state index is 0.00672. The van der Waals surface area contributed by atoms with Crippen LogP contribution in [0.15, 0.2) is 24.5 Å². The topological polar surface area (TPSA) is 47.8 Å². The molecule has 0 aliphatic rings. The molecule has 0 N–H and O–H groups in total. The van der Waals surface area contributed by atoms with Crippen molar-refractivity contribution in [1.82, 2.24) is 14.8 Å². The Kier molecular flexibility index (Phi) is 4.32. The summed E-state index contributed by atoms with van der Waals surface area (Å²) in [6, 6.07) is 3.51. The highest BCUT2D eigenvalue weighted by Gasteiger charge is 2.18. The van der Waals surface area contributed by atoms with Crippen molar-refractivity contribution < 1.29 is 4.79 Å². The number of carbonyl (C=O) groups is 1. The summed E-state index contributed by atoms with van der Waals surface area (Å²) in [5.74, 6) is 0.00672. The summed E-state index contributed by atoms with van der Waals surface area (Å²) in [5.41, 5.74) is 2.23. The minimum Gasteiger partial charge on any atom is -0.294 e. The van der Waals surface area contributed by atoms with Gasteiger partial charge in [0, 0.05) is 24.5 Å². The lowest BCUT2D eigenvalue weighted by atomic mass is 10.1. The number of hydrogen-bond acceptors (Lipinski definition) is 3. The molecule has 0 bridgehead atoms. The molecule has 0 unspecified atom stereocenters. The highest BCUT2D eigenvalue weighted by Crippen LogP contribution is 2.23. The molecule has 2 rings (SSSR count). The molecule has 0 atom stereocenters. The number of pyridine rings is 1. The second-order valence-corrected chi connectivity index (χ2v) is 4.60. The van der Waals surface area contributed by atoms with E-state index >= 15 is 0 Å². The van der Waals surface area contributed by atoms with Crippen LogP contribution >= 0.6 is 11.6 Å². The van der Waals surface area contributed by atoms with Crippen molar-refractivity contribution in [2.24, 2.45) is 0 Å². The number of hydrogen-bond donors (Lipinski definition) is 0. The average molecular weight is 278 g/mol. The van der Waals surface area contributed by atoms with Crippen molar-refractivity contribution in [3.05, 3.63) is 46.5 Å². The van der Waals surface area contributed by atoms with Gasteiger partial charge in [-0.2, -0.15) is 5.10 Å². The number of carbonyl (C=O) groups excluding carboxylic acids is 1.